The molecule has 0 aliphatic carbocycles. The Hall–Kier alpha value is -0.390. The monoisotopic (exact) mass is 248 g/mol. The van der Waals surface area contributed by atoms with Crippen LogP contribution < -0.4 is 5.32 Å². The third-order valence-corrected chi connectivity index (χ3v) is 4.15. The highest BCUT2D eigenvalue weighted by Gasteiger charge is 2.15. The number of hydrogen-bond donors (Lipinski definition) is 1. The van der Waals surface area contributed by atoms with Crippen molar-refractivity contribution in [1.82, 2.24) is 9.62 Å². The van der Waals surface area contributed by atoms with Crippen molar-refractivity contribution < 1.29 is 8.42 Å². The summed E-state index contributed by atoms with van der Waals surface area (Å²) in [7, 11) is -1.50. The van der Waals surface area contributed by atoms with Crippen molar-refractivity contribution in [2.75, 3.05) is 25.9 Å². The van der Waals surface area contributed by atoms with Crippen LogP contribution in [-0.2, 0) is 10.0 Å². The first-order chi connectivity index (χ1) is 7.40. The summed E-state index contributed by atoms with van der Waals surface area (Å²) < 4.78 is 24.7. The van der Waals surface area contributed by atoms with Crippen LogP contribution in [0.25, 0.3) is 0 Å². The molecule has 1 N–H and O–H groups in total. The molecular formula is C11H24N2O2S. The topological polar surface area (TPSA) is 49.4 Å². The van der Waals surface area contributed by atoms with Crippen molar-refractivity contribution in [1.29, 1.82) is 0 Å². The van der Waals surface area contributed by atoms with Crippen molar-refractivity contribution in [3.63, 3.8) is 0 Å². The Bertz CT molecular complexity index is 286. The van der Waals surface area contributed by atoms with Crippen LogP contribution in [0.4, 0.5) is 0 Å². The second-order valence-corrected chi connectivity index (χ2v) is 6.40. The molecule has 0 aromatic carbocycles. The summed E-state index contributed by atoms with van der Waals surface area (Å²) in [4.78, 5) is 0. The molecule has 0 spiro atoms. The maximum atomic E-state index is 11.7. The van der Waals surface area contributed by atoms with Gasteiger partial charge in [0.25, 0.3) is 0 Å². The van der Waals surface area contributed by atoms with Gasteiger partial charge in [0.15, 0.2) is 0 Å². The number of likely N-dealkylation sites (N-methyl/N-ethyl adjacent to an activating group) is 1. The summed E-state index contributed by atoms with van der Waals surface area (Å²) in [6.45, 7) is 8.94. The average molecular weight is 248 g/mol. The zero-order valence-electron chi connectivity index (χ0n) is 10.6. The molecule has 16 heavy (non-hydrogen) atoms. The van der Waals surface area contributed by atoms with Gasteiger partial charge in [-0.05, 0) is 19.4 Å². The molecule has 0 bridgehead atoms. The average Bonchev–Trinajstić information content (AvgIpc) is 2.17. The van der Waals surface area contributed by atoms with E-state index in [-0.39, 0.29) is 5.75 Å². The van der Waals surface area contributed by atoms with Crippen LogP contribution in [0, 0.1) is 0 Å². The molecule has 0 aromatic heterocycles. The number of hydrogen-bond acceptors (Lipinski definition) is 3. The lowest BCUT2D eigenvalue weighted by molar-refractivity contribution is 0.494. The van der Waals surface area contributed by atoms with E-state index in [2.05, 4.69) is 25.7 Å². The molecule has 96 valence electrons. The van der Waals surface area contributed by atoms with Gasteiger partial charge >= 0.3 is 0 Å². The van der Waals surface area contributed by atoms with Crippen molar-refractivity contribution in [3.05, 3.63) is 12.7 Å². The first-order valence-corrected chi connectivity index (χ1v) is 7.29. The molecule has 0 saturated carbocycles. The molecule has 0 aliphatic heterocycles. The van der Waals surface area contributed by atoms with Crippen molar-refractivity contribution in [2.24, 2.45) is 0 Å². The number of nitrogens with one attached hydrogen (secondary N) is 1. The Labute approximate surface area is 99.8 Å². The summed E-state index contributed by atoms with van der Waals surface area (Å²) in [5.41, 5.74) is 0. The molecule has 0 atom stereocenters. The maximum absolute atomic E-state index is 11.7. The third-order valence-electron chi connectivity index (χ3n) is 2.24. The van der Waals surface area contributed by atoms with Crippen LogP contribution in [0.2, 0.25) is 0 Å². The van der Waals surface area contributed by atoms with E-state index in [0.29, 0.717) is 19.0 Å². The van der Waals surface area contributed by atoms with Crippen molar-refractivity contribution in [3.8, 4) is 0 Å². The van der Waals surface area contributed by atoms with E-state index in [1.807, 2.05) is 0 Å². The van der Waals surface area contributed by atoms with E-state index in [4.69, 9.17) is 0 Å². The normalized spacial score (nSPS) is 12.3. The van der Waals surface area contributed by atoms with Gasteiger partial charge in [-0.2, -0.15) is 0 Å². The largest absolute Gasteiger partial charge is 0.315 e. The van der Waals surface area contributed by atoms with Gasteiger partial charge in [-0.15, -0.1) is 6.58 Å². The summed E-state index contributed by atoms with van der Waals surface area (Å²) in [6, 6.07) is 0.458. The SMILES string of the molecule is C=CCN(C)S(=O)(=O)CCCCNC(C)C. The van der Waals surface area contributed by atoms with Gasteiger partial charge in [0.05, 0.1) is 5.75 Å². The minimum Gasteiger partial charge on any atom is -0.315 e. The van der Waals surface area contributed by atoms with E-state index in [1.54, 1.807) is 13.1 Å². The molecule has 0 saturated heterocycles. The minimum absolute atomic E-state index is 0.219. The number of rotatable bonds is 9. The van der Waals surface area contributed by atoms with Crippen LogP contribution in [0.1, 0.15) is 26.7 Å². The predicted molar refractivity (Wildman–Crippen MR) is 69.0 cm³/mol. The molecule has 0 aliphatic rings. The van der Waals surface area contributed by atoms with E-state index in [1.165, 1.54) is 4.31 Å². The summed E-state index contributed by atoms with van der Waals surface area (Å²) in [6.07, 6.45) is 3.18. The fourth-order valence-corrected chi connectivity index (χ4v) is 2.46. The lowest BCUT2D eigenvalue weighted by Crippen LogP contribution is -2.30. The lowest BCUT2D eigenvalue weighted by Gasteiger charge is -2.15. The first-order valence-electron chi connectivity index (χ1n) is 5.68. The fourth-order valence-electron chi connectivity index (χ4n) is 1.25. The second-order valence-electron chi connectivity index (χ2n) is 4.20. The molecule has 0 unspecified atom stereocenters. The Kier molecular flexibility index (Phi) is 7.62. The Morgan fingerprint density at radius 1 is 1.38 bits per heavy atom. The van der Waals surface area contributed by atoms with Gasteiger partial charge in [-0.3, -0.25) is 0 Å². The van der Waals surface area contributed by atoms with Crippen LogP contribution in [-0.4, -0.2) is 44.7 Å². The number of sulfonamides is 1. The zero-order chi connectivity index (χ0) is 12.6. The second kappa shape index (κ2) is 7.81. The summed E-state index contributed by atoms with van der Waals surface area (Å²) in [5.74, 6) is 0.219. The molecule has 4 nitrogen and oxygen atoms in total. The summed E-state index contributed by atoms with van der Waals surface area (Å²) >= 11 is 0. The number of nitrogens with zero attached hydrogens (tertiary/aromatic N) is 1. The van der Waals surface area contributed by atoms with E-state index in [0.717, 1.165) is 13.0 Å². The standard InChI is InChI=1S/C11H24N2O2S/c1-5-9-13(4)16(14,15)10-7-6-8-12-11(2)3/h5,11-12H,1,6-10H2,2-4H3. The molecular weight excluding hydrogens is 224 g/mol. The van der Waals surface area contributed by atoms with Crippen LogP contribution >= 0.6 is 0 Å². The van der Waals surface area contributed by atoms with E-state index in [9.17, 15) is 8.42 Å². The van der Waals surface area contributed by atoms with Crippen LogP contribution in [0.5, 0.6) is 0 Å². The maximum Gasteiger partial charge on any atom is 0.214 e. The highest BCUT2D eigenvalue weighted by Crippen LogP contribution is 2.02. The van der Waals surface area contributed by atoms with E-state index >= 15 is 0 Å². The zero-order valence-corrected chi connectivity index (χ0v) is 11.4. The first kappa shape index (κ1) is 15.6. The molecule has 0 aromatic rings. The predicted octanol–water partition coefficient (Wildman–Crippen LogP) is 1.21. The molecule has 0 heterocycles. The highest BCUT2D eigenvalue weighted by atomic mass is 32.2. The van der Waals surface area contributed by atoms with Gasteiger partial charge in [-0.1, -0.05) is 19.9 Å². The summed E-state index contributed by atoms with van der Waals surface area (Å²) in [5, 5.41) is 3.26. The third kappa shape index (κ3) is 6.98. The van der Waals surface area contributed by atoms with Crippen molar-refractivity contribution >= 4 is 10.0 Å². The Morgan fingerprint density at radius 2 is 2.00 bits per heavy atom. The van der Waals surface area contributed by atoms with Crippen molar-refractivity contribution in [2.45, 2.75) is 32.7 Å². The molecule has 0 amide bonds. The minimum atomic E-state index is -3.09. The quantitative estimate of drug-likeness (QED) is 0.493. The van der Waals surface area contributed by atoms with Crippen LogP contribution in [0.3, 0.4) is 0 Å². The molecule has 0 rings (SSSR count). The smallest absolute Gasteiger partial charge is 0.214 e. The molecule has 0 fully saturated rings. The van der Waals surface area contributed by atoms with Gasteiger partial charge in [0, 0.05) is 19.6 Å². The highest BCUT2D eigenvalue weighted by molar-refractivity contribution is 7.89. The van der Waals surface area contributed by atoms with Gasteiger partial charge in [-0.25, -0.2) is 12.7 Å². The number of unbranched alkanes of at least 4 members (excludes halogenated alkanes) is 1. The molecule has 5 heteroatoms. The Balaban J connectivity index is 3.78. The van der Waals surface area contributed by atoms with Crippen LogP contribution in [0.15, 0.2) is 12.7 Å². The Morgan fingerprint density at radius 3 is 2.50 bits per heavy atom. The van der Waals surface area contributed by atoms with Gasteiger partial charge < -0.3 is 5.32 Å². The fraction of sp³-hybridized carbons (Fsp3) is 0.818. The van der Waals surface area contributed by atoms with Gasteiger partial charge in [0.2, 0.25) is 10.0 Å². The van der Waals surface area contributed by atoms with Gasteiger partial charge in [0.1, 0.15) is 0 Å². The molecule has 0 radical (unpaired) electrons. The van der Waals surface area contributed by atoms with E-state index < -0.39 is 10.0 Å². The lowest BCUT2D eigenvalue weighted by atomic mass is 10.3.